The zero-order valence-electron chi connectivity index (χ0n) is 11.2. The molecule has 1 aromatic rings. The van der Waals surface area contributed by atoms with Gasteiger partial charge in [-0.15, -0.1) is 5.06 Å². The van der Waals surface area contributed by atoms with Crippen molar-refractivity contribution in [1.82, 2.24) is 5.06 Å². The van der Waals surface area contributed by atoms with E-state index in [1.165, 1.54) is 0 Å². The van der Waals surface area contributed by atoms with Gasteiger partial charge in [-0.25, -0.2) is 0 Å². The smallest absolute Gasteiger partial charge is 0.289 e. The van der Waals surface area contributed by atoms with Crippen LogP contribution in [-0.2, 0) is 5.41 Å². The van der Waals surface area contributed by atoms with Crippen LogP contribution in [0.15, 0.2) is 4.42 Å². The van der Waals surface area contributed by atoms with E-state index < -0.39 is 17.2 Å². The van der Waals surface area contributed by atoms with E-state index in [0.29, 0.717) is 11.5 Å². The van der Waals surface area contributed by atoms with Crippen LogP contribution in [-0.4, -0.2) is 22.1 Å². The minimum absolute atomic E-state index is 0.0295. The number of amides is 2. The average Bonchev–Trinajstić information content (AvgIpc) is 2.72. The Bertz CT molecular complexity index is 534. The van der Waals surface area contributed by atoms with Gasteiger partial charge in [0.25, 0.3) is 11.8 Å². The highest BCUT2D eigenvalue weighted by Gasteiger charge is 2.45. The summed E-state index contributed by atoms with van der Waals surface area (Å²) >= 11 is 0. The minimum atomic E-state index is -0.699. The van der Waals surface area contributed by atoms with Gasteiger partial charge in [0, 0.05) is 11.3 Å². The summed E-state index contributed by atoms with van der Waals surface area (Å²) in [6.07, 6.45) is 0. The number of carbonyl (C=O) groups excluding carboxylic acids is 2. The minimum Gasteiger partial charge on any atom is -0.464 e. The number of carbonyl (C=O) groups is 2. The fraction of sp³-hybridized carbons (Fsp3) is 0.538. The lowest BCUT2D eigenvalue weighted by atomic mass is 9.89. The van der Waals surface area contributed by atoms with E-state index in [2.05, 4.69) is 0 Å². The summed E-state index contributed by atoms with van der Waals surface area (Å²) < 4.78 is 5.72. The largest absolute Gasteiger partial charge is 0.464 e. The van der Waals surface area contributed by atoms with Crippen molar-refractivity contribution < 1.29 is 19.2 Å². The highest BCUT2D eigenvalue weighted by molar-refractivity contribution is 6.21. The molecule has 1 aliphatic rings. The summed E-state index contributed by atoms with van der Waals surface area (Å²) in [5.41, 5.74) is 0.0133. The summed E-state index contributed by atoms with van der Waals surface area (Å²) in [4.78, 5) is 23.8. The molecular formula is C13H17NO4. The molecular weight excluding hydrogens is 234 g/mol. The predicted molar refractivity (Wildman–Crippen MR) is 63.8 cm³/mol. The Hall–Kier alpha value is -1.62. The van der Waals surface area contributed by atoms with Crippen LogP contribution >= 0.6 is 0 Å². The summed E-state index contributed by atoms with van der Waals surface area (Å²) in [7, 11) is 0. The maximum atomic E-state index is 11.9. The van der Waals surface area contributed by atoms with Crippen LogP contribution in [0.4, 0.5) is 0 Å². The molecule has 0 spiro atoms. The number of nitrogens with zero attached hydrogens (tertiary/aromatic N) is 1. The van der Waals surface area contributed by atoms with Crippen molar-refractivity contribution in [3.05, 3.63) is 22.6 Å². The van der Waals surface area contributed by atoms with Gasteiger partial charge in [-0.2, -0.15) is 0 Å². The van der Waals surface area contributed by atoms with Gasteiger partial charge >= 0.3 is 0 Å². The maximum Gasteiger partial charge on any atom is 0.289 e. The molecule has 0 aromatic carbocycles. The van der Waals surface area contributed by atoms with Crippen molar-refractivity contribution in [1.29, 1.82) is 0 Å². The Balaban J connectivity index is 2.77. The summed E-state index contributed by atoms with van der Waals surface area (Å²) in [5, 5.41) is 9.63. The lowest BCUT2D eigenvalue weighted by molar-refractivity contribution is -0.0333. The van der Waals surface area contributed by atoms with Gasteiger partial charge in [0.15, 0.2) is 0 Å². The Labute approximate surface area is 105 Å². The van der Waals surface area contributed by atoms with Crippen LogP contribution in [0.5, 0.6) is 0 Å². The van der Waals surface area contributed by atoms with Crippen molar-refractivity contribution in [3.8, 4) is 0 Å². The van der Waals surface area contributed by atoms with E-state index in [-0.39, 0.29) is 22.1 Å². The van der Waals surface area contributed by atoms with E-state index in [4.69, 9.17) is 4.42 Å². The fourth-order valence-corrected chi connectivity index (χ4v) is 2.10. The number of rotatable bonds is 1. The third kappa shape index (κ3) is 1.58. The van der Waals surface area contributed by atoms with Crippen LogP contribution in [0.25, 0.3) is 0 Å². The summed E-state index contributed by atoms with van der Waals surface area (Å²) in [5.74, 6) is -0.507. The molecule has 0 unspecified atom stereocenters. The quantitative estimate of drug-likeness (QED) is 0.615. The molecule has 5 nitrogen and oxygen atoms in total. The molecule has 1 aliphatic heterocycles. The van der Waals surface area contributed by atoms with E-state index in [9.17, 15) is 14.8 Å². The molecule has 0 aliphatic carbocycles. The molecule has 2 rings (SSSR count). The van der Waals surface area contributed by atoms with E-state index in [1.54, 1.807) is 0 Å². The number of hydroxylamine groups is 2. The van der Waals surface area contributed by atoms with Crippen LogP contribution in [0.2, 0.25) is 0 Å². The molecule has 2 amide bonds. The molecule has 2 heterocycles. The van der Waals surface area contributed by atoms with Gasteiger partial charge in [-0.3, -0.25) is 14.8 Å². The Morgan fingerprint density at radius 1 is 1.11 bits per heavy atom. The van der Waals surface area contributed by atoms with Crippen LogP contribution in [0.3, 0.4) is 0 Å². The number of hydrogen-bond acceptors (Lipinski definition) is 4. The van der Waals surface area contributed by atoms with E-state index in [0.717, 1.165) is 0 Å². The van der Waals surface area contributed by atoms with Gasteiger partial charge in [0.2, 0.25) is 0 Å². The van der Waals surface area contributed by atoms with Crippen LogP contribution < -0.4 is 0 Å². The van der Waals surface area contributed by atoms with Crippen molar-refractivity contribution >= 4 is 11.8 Å². The zero-order valence-corrected chi connectivity index (χ0v) is 11.2. The monoisotopic (exact) mass is 251 g/mol. The Morgan fingerprint density at radius 3 is 2.06 bits per heavy atom. The van der Waals surface area contributed by atoms with E-state index in [1.807, 2.05) is 34.6 Å². The standard InChI is InChI=1S/C13H17NO4/c1-6(2)9-7-8(10(18-9)13(3,4)5)12(16)14(17)11(7)15/h6,17H,1-5H3. The third-order valence-corrected chi connectivity index (χ3v) is 2.95. The second-order valence-electron chi connectivity index (χ2n) is 5.87. The van der Waals surface area contributed by atoms with Gasteiger partial charge in [-0.1, -0.05) is 34.6 Å². The fourth-order valence-electron chi connectivity index (χ4n) is 2.10. The Morgan fingerprint density at radius 2 is 1.61 bits per heavy atom. The number of fused-ring (bicyclic) bond motifs is 1. The normalized spacial score (nSPS) is 15.8. The first-order valence-electron chi connectivity index (χ1n) is 5.91. The number of imide groups is 1. The van der Waals surface area contributed by atoms with E-state index >= 15 is 0 Å². The first-order chi connectivity index (χ1) is 8.16. The molecule has 0 saturated heterocycles. The van der Waals surface area contributed by atoms with Crippen LogP contribution in [0, 0.1) is 0 Å². The first-order valence-corrected chi connectivity index (χ1v) is 5.91. The van der Waals surface area contributed by atoms with Gasteiger partial charge in [0.1, 0.15) is 11.5 Å². The molecule has 0 fully saturated rings. The van der Waals surface area contributed by atoms with Crippen molar-refractivity contribution in [2.45, 2.75) is 46.0 Å². The van der Waals surface area contributed by atoms with Crippen molar-refractivity contribution in [2.75, 3.05) is 0 Å². The second kappa shape index (κ2) is 3.68. The lowest BCUT2D eigenvalue weighted by Gasteiger charge is -2.17. The highest BCUT2D eigenvalue weighted by atomic mass is 16.5. The molecule has 5 heteroatoms. The molecule has 0 atom stereocenters. The SMILES string of the molecule is CC(C)c1oc(C(C)(C)C)c2c1C(=O)N(O)C2=O. The summed E-state index contributed by atoms with van der Waals surface area (Å²) in [6, 6.07) is 0. The molecule has 18 heavy (non-hydrogen) atoms. The zero-order chi connectivity index (χ0) is 13.8. The van der Waals surface area contributed by atoms with Crippen molar-refractivity contribution in [3.63, 3.8) is 0 Å². The van der Waals surface area contributed by atoms with Crippen molar-refractivity contribution in [2.24, 2.45) is 0 Å². The van der Waals surface area contributed by atoms with Crippen LogP contribution in [0.1, 0.15) is 72.8 Å². The topological polar surface area (TPSA) is 70.8 Å². The molecule has 1 N–H and O–H groups in total. The summed E-state index contributed by atoms with van der Waals surface area (Å²) in [6.45, 7) is 9.45. The predicted octanol–water partition coefficient (Wildman–Crippen LogP) is 2.69. The maximum absolute atomic E-state index is 11.9. The molecule has 0 bridgehead atoms. The van der Waals surface area contributed by atoms with Gasteiger partial charge in [-0.05, 0) is 0 Å². The van der Waals surface area contributed by atoms with Gasteiger partial charge in [0.05, 0.1) is 11.1 Å². The molecule has 0 saturated carbocycles. The lowest BCUT2D eigenvalue weighted by Crippen LogP contribution is -2.27. The second-order valence-corrected chi connectivity index (χ2v) is 5.87. The van der Waals surface area contributed by atoms with Gasteiger partial charge < -0.3 is 4.42 Å². The third-order valence-electron chi connectivity index (χ3n) is 2.95. The average molecular weight is 251 g/mol. The highest BCUT2D eigenvalue weighted by Crippen LogP contribution is 2.39. The molecule has 98 valence electrons. The number of hydrogen-bond donors (Lipinski definition) is 1. The Kier molecular flexibility index (Phi) is 2.63. The molecule has 1 aromatic heterocycles. The first kappa shape index (κ1) is 12.8. The molecule has 0 radical (unpaired) electrons. The number of furan rings is 1.